The highest BCUT2D eigenvalue weighted by atomic mass is 16.5. The highest BCUT2D eigenvalue weighted by molar-refractivity contribution is 5.79. The van der Waals surface area contributed by atoms with Gasteiger partial charge in [0, 0.05) is 33.3 Å². The molecule has 2 rings (SSSR count). The molecule has 0 heterocycles. The lowest BCUT2D eigenvalue weighted by atomic mass is 10.1. The van der Waals surface area contributed by atoms with Gasteiger partial charge in [0.15, 0.2) is 12.6 Å². The molecule has 0 atom stereocenters. The minimum absolute atomic E-state index is 0.0543. The lowest BCUT2D eigenvalue weighted by molar-refractivity contribution is -0.123. The van der Waals surface area contributed by atoms with E-state index < -0.39 is 0 Å². The van der Waals surface area contributed by atoms with Gasteiger partial charge in [0.25, 0.3) is 5.91 Å². The number of amides is 1. The van der Waals surface area contributed by atoms with Crippen LogP contribution < -0.4 is 20.7 Å². The molecule has 0 radical (unpaired) electrons. The van der Waals surface area contributed by atoms with Crippen molar-refractivity contribution in [1.29, 1.82) is 0 Å². The minimum Gasteiger partial charge on any atom is -0.484 e. The summed E-state index contributed by atoms with van der Waals surface area (Å²) in [5.41, 5.74) is 0.938. The second-order valence-corrected chi connectivity index (χ2v) is 7.34. The van der Waals surface area contributed by atoms with Gasteiger partial charge in [-0.2, -0.15) is 0 Å². The Kier molecular flexibility index (Phi) is 7.91. The summed E-state index contributed by atoms with van der Waals surface area (Å²) in [5.74, 6) is 1.40. The Bertz CT molecular complexity index is 625. The molecule has 150 valence electrons. The van der Waals surface area contributed by atoms with E-state index in [-0.39, 0.29) is 18.1 Å². The molecule has 1 saturated carbocycles. The zero-order valence-electron chi connectivity index (χ0n) is 16.8. The van der Waals surface area contributed by atoms with Crippen molar-refractivity contribution in [2.75, 3.05) is 33.9 Å². The van der Waals surface area contributed by atoms with Crippen LogP contribution in [-0.4, -0.2) is 57.4 Å². The van der Waals surface area contributed by atoms with Crippen molar-refractivity contribution >= 4 is 11.9 Å². The fourth-order valence-electron chi connectivity index (χ4n) is 2.31. The number of guanidine groups is 1. The van der Waals surface area contributed by atoms with Crippen molar-refractivity contribution < 1.29 is 14.3 Å². The number of nitrogens with zero attached hydrogens (tertiary/aromatic N) is 1. The quantitative estimate of drug-likeness (QED) is 0.425. The average Bonchev–Trinajstić information content (AvgIpc) is 3.47. The van der Waals surface area contributed by atoms with Gasteiger partial charge >= 0.3 is 0 Å². The Morgan fingerprint density at radius 2 is 1.93 bits per heavy atom. The molecule has 0 aliphatic heterocycles. The van der Waals surface area contributed by atoms with Gasteiger partial charge < -0.3 is 25.4 Å². The first-order valence-electron chi connectivity index (χ1n) is 9.42. The average molecular weight is 377 g/mol. The Morgan fingerprint density at radius 1 is 1.22 bits per heavy atom. The Hall–Kier alpha value is -2.28. The molecule has 0 unspecified atom stereocenters. The molecule has 1 aromatic carbocycles. The van der Waals surface area contributed by atoms with Gasteiger partial charge in [0.2, 0.25) is 0 Å². The van der Waals surface area contributed by atoms with Gasteiger partial charge in [0.1, 0.15) is 5.75 Å². The van der Waals surface area contributed by atoms with Crippen LogP contribution in [0.5, 0.6) is 5.75 Å². The van der Waals surface area contributed by atoms with E-state index in [1.54, 1.807) is 14.2 Å². The van der Waals surface area contributed by atoms with E-state index >= 15 is 0 Å². The van der Waals surface area contributed by atoms with Gasteiger partial charge in [0.05, 0.1) is 5.60 Å². The monoisotopic (exact) mass is 376 g/mol. The Balaban J connectivity index is 1.67. The molecular formula is C20H32N4O3. The molecule has 1 amide bonds. The van der Waals surface area contributed by atoms with E-state index in [1.165, 1.54) is 5.56 Å². The molecule has 1 aromatic rings. The van der Waals surface area contributed by atoms with Crippen molar-refractivity contribution in [3.05, 3.63) is 29.8 Å². The van der Waals surface area contributed by atoms with Crippen LogP contribution in [0.1, 0.15) is 32.3 Å². The first-order valence-corrected chi connectivity index (χ1v) is 9.42. The molecule has 1 aliphatic rings. The first kappa shape index (κ1) is 21.0. The van der Waals surface area contributed by atoms with Gasteiger partial charge in [-0.1, -0.05) is 12.1 Å². The third-order valence-corrected chi connectivity index (χ3v) is 4.40. The summed E-state index contributed by atoms with van der Waals surface area (Å²) in [6, 6.07) is 8.18. The number of aliphatic imine (C=N–C) groups is 1. The molecular weight excluding hydrogens is 344 g/mol. The number of hydrogen-bond donors (Lipinski definition) is 3. The summed E-state index contributed by atoms with van der Waals surface area (Å²) in [4.78, 5) is 15.8. The van der Waals surface area contributed by atoms with E-state index in [1.807, 2.05) is 38.1 Å². The predicted molar refractivity (Wildman–Crippen MR) is 107 cm³/mol. The second-order valence-electron chi connectivity index (χ2n) is 7.34. The number of carbonyl (C=O) groups is 1. The van der Waals surface area contributed by atoms with Crippen molar-refractivity contribution in [2.45, 2.75) is 44.8 Å². The number of benzene rings is 1. The van der Waals surface area contributed by atoms with Crippen molar-refractivity contribution in [3.8, 4) is 5.75 Å². The number of nitrogens with one attached hydrogen (secondary N) is 3. The van der Waals surface area contributed by atoms with Gasteiger partial charge in [-0.3, -0.25) is 9.79 Å². The lowest BCUT2D eigenvalue weighted by Gasteiger charge is -2.24. The number of hydrogen-bond acceptors (Lipinski definition) is 4. The highest BCUT2D eigenvalue weighted by Crippen LogP contribution is 2.18. The maximum atomic E-state index is 11.6. The number of rotatable bonds is 10. The van der Waals surface area contributed by atoms with Gasteiger partial charge in [-0.15, -0.1) is 0 Å². The van der Waals surface area contributed by atoms with Crippen LogP contribution in [0.3, 0.4) is 0 Å². The fourth-order valence-corrected chi connectivity index (χ4v) is 2.31. The maximum absolute atomic E-state index is 11.6. The van der Waals surface area contributed by atoms with Crippen LogP contribution in [0, 0.1) is 0 Å². The highest BCUT2D eigenvalue weighted by Gasteiger charge is 2.23. The van der Waals surface area contributed by atoms with E-state index in [0.29, 0.717) is 18.3 Å². The molecule has 1 fully saturated rings. The summed E-state index contributed by atoms with van der Waals surface area (Å²) in [6.45, 7) is 5.54. The molecule has 3 N–H and O–H groups in total. The third-order valence-electron chi connectivity index (χ3n) is 4.40. The predicted octanol–water partition coefficient (Wildman–Crippen LogP) is 1.48. The van der Waals surface area contributed by atoms with Gasteiger partial charge in [-0.05, 0) is 50.8 Å². The topological polar surface area (TPSA) is 84.0 Å². The van der Waals surface area contributed by atoms with E-state index in [9.17, 15) is 4.79 Å². The van der Waals surface area contributed by atoms with Crippen LogP contribution in [0.2, 0.25) is 0 Å². The van der Waals surface area contributed by atoms with Crippen molar-refractivity contribution in [1.82, 2.24) is 16.0 Å². The SMILES string of the molecule is CN=C(NCCc1ccc(OCC(=O)NC2CC2)cc1)NCC(C)(C)OC. The molecule has 7 nitrogen and oxygen atoms in total. The smallest absolute Gasteiger partial charge is 0.258 e. The van der Waals surface area contributed by atoms with Crippen molar-refractivity contribution in [3.63, 3.8) is 0 Å². The molecule has 0 saturated heterocycles. The van der Waals surface area contributed by atoms with Crippen molar-refractivity contribution in [2.24, 2.45) is 4.99 Å². The van der Waals surface area contributed by atoms with Gasteiger partial charge in [-0.25, -0.2) is 0 Å². The zero-order valence-corrected chi connectivity index (χ0v) is 16.8. The number of ether oxygens (including phenoxy) is 2. The Morgan fingerprint density at radius 3 is 2.52 bits per heavy atom. The summed E-state index contributed by atoms with van der Waals surface area (Å²) in [6.07, 6.45) is 3.02. The number of methoxy groups -OCH3 is 1. The van der Waals surface area contributed by atoms with E-state index in [4.69, 9.17) is 9.47 Å². The van der Waals surface area contributed by atoms with Crippen LogP contribution in [-0.2, 0) is 16.0 Å². The first-order chi connectivity index (χ1) is 12.9. The summed E-state index contributed by atoms with van der Waals surface area (Å²) >= 11 is 0. The molecule has 1 aliphatic carbocycles. The molecule has 0 aromatic heterocycles. The van der Waals surface area contributed by atoms with Crippen LogP contribution in [0.15, 0.2) is 29.3 Å². The third kappa shape index (κ3) is 8.30. The normalized spacial score (nSPS) is 14.6. The standard InChI is InChI=1S/C20H32N4O3/c1-20(2,26-4)14-23-19(21-3)22-12-11-15-5-9-17(10-6-15)27-13-18(25)24-16-7-8-16/h5-6,9-10,16H,7-8,11-14H2,1-4H3,(H,24,25)(H2,21,22,23). The Labute approximate surface area is 161 Å². The maximum Gasteiger partial charge on any atom is 0.258 e. The largest absolute Gasteiger partial charge is 0.484 e. The molecule has 0 bridgehead atoms. The minimum atomic E-state index is -0.247. The molecule has 7 heteroatoms. The summed E-state index contributed by atoms with van der Waals surface area (Å²) in [5, 5.41) is 9.46. The van der Waals surface area contributed by atoms with E-state index in [0.717, 1.165) is 31.8 Å². The van der Waals surface area contributed by atoms with E-state index in [2.05, 4.69) is 20.9 Å². The van der Waals surface area contributed by atoms with Crippen LogP contribution >= 0.6 is 0 Å². The second kappa shape index (κ2) is 10.2. The summed E-state index contributed by atoms with van der Waals surface area (Å²) in [7, 11) is 3.45. The van der Waals surface area contributed by atoms with Crippen LogP contribution in [0.25, 0.3) is 0 Å². The number of carbonyl (C=O) groups excluding carboxylic acids is 1. The fraction of sp³-hybridized carbons (Fsp3) is 0.600. The van der Waals surface area contributed by atoms with Crippen LogP contribution in [0.4, 0.5) is 0 Å². The molecule has 0 spiro atoms. The lowest BCUT2D eigenvalue weighted by Crippen LogP contribution is -2.45. The zero-order chi connectivity index (χ0) is 19.7. The molecule has 27 heavy (non-hydrogen) atoms. The summed E-state index contributed by atoms with van der Waals surface area (Å²) < 4.78 is 10.9.